The minimum atomic E-state index is 0.685. The Bertz CT molecular complexity index is 1500. The third-order valence-electron chi connectivity index (χ3n) is 5.91. The molecule has 0 aliphatic heterocycles. The van der Waals surface area contributed by atoms with Crippen molar-refractivity contribution in [1.29, 1.82) is 0 Å². The van der Waals surface area contributed by atoms with Gasteiger partial charge in [0.15, 0.2) is 0 Å². The average Bonchev–Trinajstić information content (AvgIpc) is 3.28. The number of halogens is 1. The van der Waals surface area contributed by atoms with E-state index in [1.54, 1.807) is 11.3 Å². The lowest BCUT2D eigenvalue weighted by atomic mass is 10.0. The van der Waals surface area contributed by atoms with Crippen LogP contribution in [0, 0.1) is 27.7 Å². The molecule has 0 aliphatic carbocycles. The number of pyridine rings is 1. The van der Waals surface area contributed by atoms with E-state index in [4.69, 9.17) is 21.7 Å². The maximum Gasteiger partial charge on any atom is 0.102 e. The molecule has 2 aromatic carbocycles. The first-order valence-electron chi connectivity index (χ1n) is 10.8. The molecule has 0 bridgehead atoms. The van der Waals surface area contributed by atoms with Crippen LogP contribution in [-0.4, -0.2) is 14.8 Å². The smallest absolute Gasteiger partial charge is 0.102 e. The van der Waals surface area contributed by atoms with Crippen LogP contribution in [0.3, 0.4) is 0 Å². The molecule has 0 saturated heterocycles. The Hall–Kier alpha value is -2.60. The molecule has 33 heavy (non-hydrogen) atoms. The summed E-state index contributed by atoms with van der Waals surface area (Å²) < 4.78 is 3.15. The summed E-state index contributed by atoms with van der Waals surface area (Å²) in [5, 5.41) is 6.84. The van der Waals surface area contributed by atoms with Gasteiger partial charge in [0.1, 0.15) is 5.69 Å². The lowest BCUT2D eigenvalue weighted by Crippen LogP contribution is -2.03. The van der Waals surface area contributed by atoms with E-state index in [9.17, 15) is 0 Å². The Morgan fingerprint density at radius 2 is 1.70 bits per heavy atom. The van der Waals surface area contributed by atoms with E-state index in [0.29, 0.717) is 11.6 Å². The van der Waals surface area contributed by atoms with Crippen molar-refractivity contribution in [3.8, 4) is 22.4 Å². The SMILES string of the molecule is Cc1cc2c(c(C)n1)c(-c1ccc(Cl)cc1)nn2Cc1ccc(-c2cc(C)sc2S)c(C)c1. The fourth-order valence-electron chi connectivity index (χ4n) is 4.45. The Morgan fingerprint density at radius 3 is 2.36 bits per heavy atom. The average molecular weight is 490 g/mol. The molecular weight excluding hydrogens is 466 g/mol. The minimum absolute atomic E-state index is 0.685. The van der Waals surface area contributed by atoms with Gasteiger partial charge in [0, 0.05) is 37.8 Å². The molecule has 0 amide bonds. The van der Waals surface area contributed by atoms with Crippen LogP contribution in [0.4, 0.5) is 0 Å². The number of nitrogens with zero attached hydrogens (tertiary/aromatic N) is 3. The van der Waals surface area contributed by atoms with E-state index in [2.05, 4.69) is 68.4 Å². The summed E-state index contributed by atoms with van der Waals surface area (Å²) in [5.41, 5.74) is 9.94. The van der Waals surface area contributed by atoms with Crippen molar-refractivity contribution < 1.29 is 0 Å². The van der Waals surface area contributed by atoms with Gasteiger partial charge < -0.3 is 0 Å². The lowest BCUT2D eigenvalue weighted by molar-refractivity contribution is 0.714. The molecule has 0 aliphatic rings. The molecule has 0 N–H and O–H groups in total. The third kappa shape index (κ3) is 4.21. The molecule has 3 heterocycles. The van der Waals surface area contributed by atoms with Crippen molar-refractivity contribution in [2.45, 2.75) is 38.4 Å². The van der Waals surface area contributed by atoms with Crippen LogP contribution in [0.1, 0.15) is 27.4 Å². The fourth-order valence-corrected chi connectivity index (χ4v) is 5.96. The number of fused-ring (bicyclic) bond motifs is 1. The first-order chi connectivity index (χ1) is 15.8. The second kappa shape index (κ2) is 8.64. The van der Waals surface area contributed by atoms with Crippen molar-refractivity contribution in [3.63, 3.8) is 0 Å². The van der Waals surface area contributed by atoms with Gasteiger partial charge in [-0.1, -0.05) is 41.9 Å². The molecule has 0 fully saturated rings. The van der Waals surface area contributed by atoms with Gasteiger partial charge in [-0.3, -0.25) is 9.67 Å². The molecule has 166 valence electrons. The maximum atomic E-state index is 6.12. The molecule has 5 rings (SSSR count). The predicted octanol–water partition coefficient (Wildman–Crippen LogP) is 8.05. The molecule has 5 aromatic rings. The Morgan fingerprint density at radius 1 is 0.939 bits per heavy atom. The van der Waals surface area contributed by atoms with E-state index in [-0.39, 0.29) is 0 Å². The van der Waals surface area contributed by atoms with Crippen LogP contribution in [0.2, 0.25) is 5.02 Å². The zero-order chi connectivity index (χ0) is 23.3. The largest absolute Gasteiger partial charge is 0.260 e. The molecule has 0 radical (unpaired) electrons. The van der Waals surface area contributed by atoms with Gasteiger partial charge in [-0.05, 0) is 68.7 Å². The van der Waals surface area contributed by atoms with E-state index in [1.165, 1.54) is 27.1 Å². The zero-order valence-electron chi connectivity index (χ0n) is 19.0. The molecule has 0 unspecified atom stereocenters. The number of hydrogen-bond acceptors (Lipinski definition) is 4. The summed E-state index contributed by atoms with van der Waals surface area (Å²) >= 11 is 12.5. The highest BCUT2D eigenvalue weighted by molar-refractivity contribution is 7.83. The van der Waals surface area contributed by atoms with Crippen LogP contribution >= 0.6 is 35.6 Å². The first kappa shape index (κ1) is 22.2. The van der Waals surface area contributed by atoms with Crippen LogP contribution in [0.25, 0.3) is 33.3 Å². The second-order valence-electron chi connectivity index (χ2n) is 8.48. The molecule has 3 nitrogen and oxygen atoms in total. The molecule has 0 atom stereocenters. The summed E-state index contributed by atoms with van der Waals surface area (Å²) in [6, 6.07) is 18.8. The topological polar surface area (TPSA) is 30.7 Å². The van der Waals surface area contributed by atoms with Gasteiger partial charge in [0.05, 0.1) is 16.3 Å². The van der Waals surface area contributed by atoms with Crippen molar-refractivity contribution in [2.75, 3.05) is 0 Å². The standard InChI is InChI=1S/C27H24ClN3S2/c1-15-11-19(5-10-22(15)23-13-17(3)33-27(23)32)14-31-24-12-16(2)29-18(4)25(24)26(30-31)20-6-8-21(28)9-7-20/h5-13,32H,14H2,1-4H3. The number of aryl methyl sites for hydroxylation is 4. The molecule has 0 saturated carbocycles. The van der Waals surface area contributed by atoms with Crippen molar-refractivity contribution in [3.05, 3.63) is 87.0 Å². The van der Waals surface area contributed by atoms with Crippen molar-refractivity contribution >= 4 is 46.5 Å². The van der Waals surface area contributed by atoms with Crippen LogP contribution in [0.15, 0.2) is 58.8 Å². The summed E-state index contributed by atoms with van der Waals surface area (Å²) in [6.07, 6.45) is 0. The van der Waals surface area contributed by atoms with E-state index in [1.807, 2.05) is 31.2 Å². The van der Waals surface area contributed by atoms with E-state index < -0.39 is 0 Å². The van der Waals surface area contributed by atoms with Crippen molar-refractivity contribution in [1.82, 2.24) is 14.8 Å². The quantitative estimate of drug-likeness (QED) is 0.259. The highest BCUT2D eigenvalue weighted by Gasteiger charge is 2.17. The Kier molecular flexibility index (Phi) is 5.81. The van der Waals surface area contributed by atoms with Gasteiger partial charge in [-0.15, -0.1) is 24.0 Å². The number of rotatable bonds is 4. The van der Waals surface area contributed by atoms with Crippen LogP contribution in [-0.2, 0) is 6.54 Å². The lowest BCUT2D eigenvalue weighted by Gasteiger charge is -2.10. The Balaban J connectivity index is 1.59. The number of thiophene rings is 1. The number of benzene rings is 2. The van der Waals surface area contributed by atoms with Gasteiger partial charge in [0.2, 0.25) is 0 Å². The molecule has 0 spiro atoms. The highest BCUT2D eigenvalue weighted by atomic mass is 35.5. The molecule has 3 aromatic heterocycles. The van der Waals surface area contributed by atoms with Gasteiger partial charge in [-0.25, -0.2) is 0 Å². The zero-order valence-corrected chi connectivity index (χ0v) is 21.4. The predicted molar refractivity (Wildman–Crippen MR) is 143 cm³/mol. The number of thiol groups is 1. The minimum Gasteiger partial charge on any atom is -0.260 e. The van der Waals surface area contributed by atoms with Gasteiger partial charge in [0.25, 0.3) is 0 Å². The normalized spacial score (nSPS) is 11.5. The van der Waals surface area contributed by atoms with Crippen LogP contribution in [0.5, 0.6) is 0 Å². The molecule has 6 heteroatoms. The van der Waals surface area contributed by atoms with Gasteiger partial charge in [-0.2, -0.15) is 5.10 Å². The second-order valence-corrected chi connectivity index (χ2v) is 10.9. The number of aromatic nitrogens is 3. The fraction of sp³-hybridized carbons (Fsp3) is 0.185. The summed E-state index contributed by atoms with van der Waals surface area (Å²) in [5.74, 6) is 0. The summed E-state index contributed by atoms with van der Waals surface area (Å²) in [7, 11) is 0. The third-order valence-corrected chi connectivity index (χ3v) is 7.53. The summed E-state index contributed by atoms with van der Waals surface area (Å²) in [4.78, 5) is 5.98. The summed E-state index contributed by atoms with van der Waals surface area (Å²) in [6.45, 7) is 9.06. The molecular formula is C27H24ClN3S2. The van der Waals surface area contributed by atoms with E-state index >= 15 is 0 Å². The first-order valence-corrected chi connectivity index (χ1v) is 12.4. The highest BCUT2D eigenvalue weighted by Crippen LogP contribution is 2.36. The Labute approximate surface area is 208 Å². The maximum absolute atomic E-state index is 6.12. The van der Waals surface area contributed by atoms with Crippen LogP contribution < -0.4 is 0 Å². The van der Waals surface area contributed by atoms with Gasteiger partial charge >= 0.3 is 0 Å². The van der Waals surface area contributed by atoms with E-state index in [0.717, 1.165) is 37.8 Å². The monoisotopic (exact) mass is 489 g/mol. The van der Waals surface area contributed by atoms with Crippen molar-refractivity contribution in [2.24, 2.45) is 0 Å². The number of hydrogen-bond donors (Lipinski definition) is 1.